The Balaban J connectivity index is 1.49. The van der Waals surface area contributed by atoms with Gasteiger partial charge in [-0.3, -0.25) is 0 Å². The smallest absolute Gasteiger partial charge is 0.0235 e. The molecule has 2 heteroatoms. The van der Waals surface area contributed by atoms with E-state index >= 15 is 0 Å². The molecule has 0 aliphatic carbocycles. The molecular formula is C19H24N2. The summed E-state index contributed by atoms with van der Waals surface area (Å²) in [7, 11) is 0. The highest BCUT2D eigenvalue weighted by atomic mass is 15.2. The molecule has 0 aromatic heterocycles. The highest BCUT2D eigenvalue weighted by Gasteiger charge is 2.19. The number of hydrogen-bond acceptors (Lipinski definition) is 2. The second kappa shape index (κ2) is 7.39. The van der Waals surface area contributed by atoms with Crippen LogP contribution >= 0.6 is 0 Å². The molecule has 0 amide bonds. The van der Waals surface area contributed by atoms with Crippen LogP contribution in [0.4, 0.5) is 0 Å². The zero-order valence-electron chi connectivity index (χ0n) is 12.5. The van der Waals surface area contributed by atoms with Gasteiger partial charge in [0.15, 0.2) is 0 Å². The van der Waals surface area contributed by atoms with Crippen molar-refractivity contribution in [2.45, 2.75) is 18.9 Å². The number of nitrogens with one attached hydrogen (secondary N) is 1. The predicted octanol–water partition coefficient (Wildman–Crippen LogP) is 2.75. The highest BCUT2D eigenvalue weighted by Crippen LogP contribution is 2.09. The van der Waals surface area contributed by atoms with Gasteiger partial charge in [-0.1, -0.05) is 60.7 Å². The predicted molar refractivity (Wildman–Crippen MR) is 88.5 cm³/mol. The van der Waals surface area contributed by atoms with Crippen LogP contribution in [0.5, 0.6) is 0 Å². The summed E-state index contributed by atoms with van der Waals surface area (Å²) in [6.45, 7) is 4.59. The largest absolute Gasteiger partial charge is 0.311 e. The minimum absolute atomic E-state index is 0.580. The van der Waals surface area contributed by atoms with Gasteiger partial charge in [0, 0.05) is 32.2 Å². The van der Waals surface area contributed by atoms with Crippen molar-refractivity contribution in [2.75, 3.05) is 26.2 Å². The molecule has 2 nitrogen and oxygen atoms in total. The number of hydrogen-bond donors (Lipinski definition) is 1. The summed E-state index contributed by atoms with van der Waals surface area (Å²) >= 11 is 0. The Hall–Kier alpha value is -1.64. The van der Waals surface area contributed by atoms with E-state index < -0.39 is 0 Å². The lowest BCUT2D eigenvalue weighted by Crippen LogP contribution is -2.51. The monoisotopic (exact) mass is 280 g/mol. The maximum atomic E-state index is 3.65. The van der Waals surface area contributed by atoms with Crippen LogP contribution in [0.3, 0.4) is 0 Å². The summed E-state index contributed by atoms with van der Waals surface area (Å²) in [6.07, 6.45) is 2.28. The Morgan fingerprint density at radius 2 is 1.57 bits per heavy atom. The summed E-state index contributed by atoms with van der Waals surface area (Å²) in [4.78, 5) is 2.59. The molecule has 0 saturated carbocycles. The summed E-state index contributed by atoms with van der Waals surface area (Å²) in [5, 5.41) is 3.65. The molecule has 1 aliphatic heterocycles. The van der Waals surface area contributed by atoms with Crippen molar-refractivity contribution in [2.24, 2.45) is 0 Å². The molecule has 1 N–H and O–H groups in total. The van der Waals surface area contributed by atoms with Gasteiger partial charge in [-0.2, -0.15) is 0 Å². The molecule has 1 atom stereocenters. The molecule has 110 valence electrons. The standard InChI is InChI=1S/C19H24N2/c1-3-7-17(8-4-1)11-13-21-14-12-20-19(16-21)15-18-9-5-2-6-10-18/h1-10,19-20H,11-16H2. The van der Waals surface area contributed by atoms with Gasteiger partial charge in [0.25, 0.3) is 0 Å². The second-order valence-corrected chi connectivity index (χ2v) is 5.88. The lowest BCUT2D eigenvalue weighted by Gasteiger charge is -2.33. The van der Waals surface area contributed by atoms with E-state index in [1.54, 1.807) is 0 Å². The van der Waals surface area contributed by atoms with Crippen LogP contribution < -0.4 is 5.32 Å². The quantitative estimate of drug-likeness (QED) is 0.906. The van der Waals surface area contributed by atoms with Crippen molar-refractivity contribution in [3.05, 3.63) is 71.8 Å². The van der Waals surface area contributed by atoms with Crippen LogP contribution in [-0.4, -0.2) is 37.1 Å². The van der Waals surface area contributed by atoms with E-state index in [-0.39, 0.29) is 0 Å². The minimum Gasteiger partial charge on any atom is -0.311 e. The van der Waals surface area contributed by atoms with Gasteiger partial charge in [0.05, 0.1) is 0 Å². The van der Waals surface area contributed by atoms with E-state index in [0.29, 0.717) is 6.04 Å². The van der Waals surface area contributed by atoms with Gasteiger partial charge in [-0.15, -0.1) is 0 Å². The van der Waals surface area contributed by atoms with Crippen LogP contribution in [0.1, 0.15) is 11.1 Å². The number of benzene rings is 2. The van der Waals surface area contributed by atoms with Crippen molar-refractivity contribution in [3.8, 4) is 0 Å². The van der Waals surface area contributed by atoms with E-state index in [4.69, 9.17) is 0 Å². The fourth-order valence-corrected chi connectivity index (χ4v) is 3.06. The van der Waals surface area contributed by atoms with Gasteiger partial charge in [0.1, 0.15) is 0 Å². The molecule has 21 heavy (non-hydrogen) atoms. The second-order valence-electron chi connectivity index (χ2n) is 5.88. The highest BCUT2D eigenvalue weighted by molar-refractivity contribution is 5.17. The third-order valence-electron chi connectivity index (χ3n) is 4.22. The zero-order chi connectivity index (χ0) is 14.3. The fraction of sp³-hybridized carbons (Fsp3) is 0.368. The lowest BCUT2D eigenvalue weighted by molar-refractivity contribution is 0.201. The number of nitrogens with zero attached hydrogens (tertiary/aromatic N) is 1. The van der Waals surface area contributed by atoms with Gasteiger partial charge in [-0.25, -0.2) is 0 Å². The third kappa shape index (κ3) is 4.42. The van der Waals surface area contributed by atoms with Gasteiger partial charge in [0.2, 0.25) is 0 Å². The average Bonchev–Trinajstić information content (AvgIpc) is 2.55. The Labute approximate surface area is 127 Å². The molecule has 1 saturated heterocycles. The van der Waals surface area contributed by atoms with Gasteiger partial charge in [-0.05, 0) is 24.0 Å². The van der Waals surface area contributed by atoms with E-state index in [9.17, 15) is 0 Å². The normalized spacial score (nSPS) is 19.5. The molecule has 1 heterocycles. The Kier molecular flexibility index (Phi) is 5.03. The summed E-state index contributed by atoms with van der Waals surface area (Å²) < 4.78 is 0. The van der Waals surface area contributed by atoms with E-state index in [1.807, 2.05) is 0 Å². The fourth-order valence-electron chi connectivity index (χ4n) is 3.06. The van der Waals surface area contributed by atoms with Gasteiger partial charge < -0.3 is 10.2 Å². The van der Waals surface area contributed by atoms with Crippen molar-refractivity contribution in [1.82, 2.24) is 10.2 Å². The van der Waals surface area contributed by atoms with Crippen LogP contribution in [0.15, 0.2) is 60.7 Å². The molecule has 0 spiro atoms. The molecule has 0 bridgehead atoms. The maximum Gasteiger partial charge on any atom is 0.0235 e. The van der Waals surface area contributed by atoms with E-state index in [1.165, 1.54) is 11.1 Å². The Morgan fingerprint density at radius 3 is 2.29 bits per heavy atom. The summed E-state index contributed by atoms with van der Waals surface area (Å²) in [5.41, 5.74) is 2.87. The molecule has 1 aliphatic rings. The molecule has 0 radical (unpaired) electrons. The van der Waals surface area contributed by atoms with E-state index in [2.05, 4.69) is 70.9 Å². The first-order chi connectivity index (χ1) is 10.4. The van der Waals surface area contributed by atoms with Crippen LogP contribution in [0.25, 0.3) is 0 Å². The average molecular weight is 280 g/mol. The Morgan fingerprint density at radius 1 is 0.905 bits per heavy atom. The number of rotatable bonds is 5. The molecule has 1 fully saturated rings. The van der Waals surface area contributed by atoms with Crippen molar-refractivity contribution >= 4 is 0 Å². The Bertz CT molecular complexity index is 524. The molecule has 1 unspecified atom stereocenters. The van der Waals surface area contributed by atoms with Crippen LogP contribution in [0, 0.1) is 0 Å². The van der Waals surface area contributed by atoms with E-state index in [0.717, 1.165) is 39.0 Å². The first kappa shape index (κ1) is 14.3. The lowest BCUT2D eigenvalue weighted by atomic mass is 10.0. The summed E-state index contributed by atoms with van der Waals surface area (Å²) in [5.74, 6) is 0. The molecular weight excluding hydrogens is 256 g/mol. The van der Waals surface area contributed by atoms with Crippen LogP contribution in [0.2, 0.25) is 0 Å². The third-order valence-corrected chi connectivity index (χ3v) is 4.22. The molecule has 2 aromatic rings. The van der Waals surface area contributed by atoms with Crippen LogP contribution in [-0.2, 0) is 12.8 Å². The SMILES string of the molecule is c1ccc(CCN2CCNC(Cc3ccccc3)C2)cc1. The topological polar surface area (TPSA) is 15.3 Å². The first-order valence-corrected chi connectivity index (χ1v) is 7.94. The maximum absolute atomic E-state index is 3.65. The molecule has 3 rings (SSSR count). The summed E-state index contributed by atoms with van der Waals surface area (Å²) in [6, 6.07) is 22.2. The molecule has 2 aromatic carbocycles. The van der Waals surface area contributed by atoms with Crippen molar-refractivity contribution in [3.63, 3.8) is 0 Å². The zero-order valence-corrected chi connectivity index (χ0v) is 12.5. The minimum atomic E-state index is 0.580. The van der Waals surface area contributed by atoms with Crippen molar-refractivity contribution in [1.29, 1.82) is 0 Å². The first-order valence-electron chi connectivity index (χ1n) is 7.94. The van der Waals surface area contributed by atoms with Crippen molar-refractivity contribution < 1.29 is 0 Å². The number of piperazine rings is 1. The van der Waals surface area contributed by atoms with Gasteiger partial charge >= 0.3 is 0 Å².